The molecule has 3 rings (SSSR count). The van der Waals surface area contributed by atoms with Gasteiger partial charge in [-0.15, -0.1) is 0 Å². The summed E-state index contributed by atoms with van der Waals surface area (Å²) in [5.41, 5.74) is 7.43. The van der Waals surface area contributed by atoms with Crippen molar-refractivity contribution < 1.29 is 44.1 Å². The summed E-state index contributed by atoms with van der Waals surface area (Å²) in [5.74, 6) is -5.42. The van der Waals surface area contributed by atoms with Gasteiger partial charge in [0.25, 0.3) is 0 Å². The number of aliphatic hydroxyl groups excluding tert-OH is 1. The Kier molecular flexibility index (Phi) is 13.6. The van der Waals surface area contributed by atoms with Crippen molar-refractivity contribution in [3.8, 4) is 5.75 Å². The lowest BCUT2D eigenvalue weighted by Gasteiger charge is -2.22. The van der Waals surface area contributed by atoms with E-state index in [0.717, 1.165) is 10.9 Å². The number of amides is 5. The number of fused-ring (bicyclic) bond motifs is 1. The minimum absolute atomic E-state index is 0.0142. The highest BCUT2D eigenvalue weighted by molar-refractivity contribution is 7.80. The van der Waals surface area contributed by atoms with E-state index < -0.39 is 79.4 Å². The average Bonchev–Trinajstić information content (AvgIpc) is 3.47. The molecule has 0 saturated heterocycles. The molecule has 0 aliphatic rings. The van der Waals surface area contributed by atoms with Gasteiger partial charge in [-0.2, -0.15) is 12.6 Å². The maximum atomic E-state index is 13.2. The third-order valence-corrected chi connectivity index (χ3v) is 7.32. The van der Waals surface area contributed by atoms with E-state index >= 15 is 0 Å². The first-order chi connectivity index (χ1) is 22.4. The number of carbonyl (C=O) groups excluding carboxylic acids is 5. The number of carboxylic acid groups (broad SMARTS) is 1. The van der Waals surface area contributed by atoms with Crippen molar-refractivity contribution >= 4 is 59.0 Å². The van der Waals surface area contributed by atoms with Crippen LogP contribution in [0.25, 0.3) is 10.9 Å². The predicted molar refractivity (Wildman–Crippen MR) is 172 cm³/mol. The summed E-state index contributed by atoms with van der Waals surface area (Å²) in [5, 5.41) is 40.8. The normalized spacial score (nSPS) is 13.4. The number of rotatable bonds is 17. The fraction of sp³-hybridized carbons (Fsp3) is 0.333. The van der Waals surface area contributed by atoms with Crippen molar-refractivity contribution in [2.75, 3.05) is 25.4 Å². The predicted octanol–water partition coefficient (Wildman–Crippen LogP) is -2.32. The molecule has 1 aromatic heterocycles. The number of aromatic nitrogens is 1. The molecular formula is C30H37N7O9S. The van der Waals surface area contributed by atoms with Gasteiger partial charge in [-0.25, -0.2) is 4.79 Å². The first-order valence-electron chi connectivity index (χ1n) is 14.4. The molecule has 3 aromatic rings. The number of carbonyl (C=O) groups is 6. The molecule has 0 radical (unpaired) electrons. The zero-order chi connectivity index (χ0) is 34.5. The minimum atomic E-state index is -1.32. The second-order valence-corrected chi connectivity index (χ2v) is 10.8. The standard InChI is InChI=1S/C30H37N7O9S/c31-20(14-38)27(42)33-12-25(40)35-22(9-16-5-7-18(39)8-6-16)28(43)34-13-26(41)36-23(29(44)37-24(15-47)30(45)46)10-17-11-32-21-4-2-1-3-19(17)21/h1-8,11,20,22-24,32,38-39,47H,9-10,12-15,31H2,(H,33,42)(H,34,43)(H,35,40)(H,36,41)(H,37,44)(H,45,46)/t20-,22-,23-,24-/m0/s1. The van der Waals surface area contributed by atoms with E-state index in [2.05, 4.69) is 44.2 Å². The topological polar surface area (TPSA) is 265 Å². The molecule has 47 heavy (non-hydrogen) atoms. The van der Waals surface area contributed by atoms with E-state index in [0.29, 0.717) is 11.1 Å². The van der Waals surface area contributed by atoms with Crippen LogP contribution in [-0.4, -0.2) is 105 Å². The molecule has 0 spiro atoms. The van der Waals surface area contributed by atoms with Crippen molar-refractivity contribution in [1.29, 1.82) is 0 Å². The summed E-state index contributed by atoms with van der Waals surface area (Å²) in [6.45, 7) is -1.81. The van der Waals surface area contributed by atoms with Crippen LogP contribution in [0.4, 0.5) is 0 Å². The third-order valence-electron chi connectivity index (χ3n) is 6.96. The maximum absolute atomic E-state index is 13.2. The zero-order valence-electron chi connectivity index (χ0n) is 25.1. The van der Waals surface area contributed by atoms with Crippen LogP contribution in [0.15, 0.2) is 54.7 Å². The van der Waals surface area contributed by atoms with E-state index in [1.165, 1.54) is 24.3 Å². The molecular weight excluding hydrogens is 634 g/mol. The lowest BCUT2D eigenvalue weighted by Crippen LogP contribution is -2.56. The Morgan fingerprint density at radius 3 is 1.98 bits per heavy atom. The summed E-state index contributed by atoms with van der Waals surface area (Å²) in [7, 11) is 0. The first-order valence-corrected chi connectivity index (χ1v) is 15.0. The fourth-order valence-electron chi connectivity index (χ4n) is 4.43. The van der Waals surface area contributed by atoms with Gasteiger partial charge in [0.15, 0.2) is 0 Å². The van der Waals surface area contributed by atoms with Crippen LogP contribution in [0.5, 0.6) is 5.75 Å². The van der Waals surface area contributed by atoms with E-state index in [4.69, 9.17) is 10.8 Å². The quantitative estimate of drug-likeness (QED) is 0.0682. The van der Waals surface area contributed by atoms with Gasteiger partial charge < -0.3 is 52.6 Å². The van der Waals surface area contributed by atoms with E-state index in [-0.39, 0.29) is 24.3 Å². The van der Waals surface area contributed by atoms with Gasteiger partial charge in [0.2, 0.25) is 29.5 Å². The molecule has 17 heteroatoms. The molecule has 0 aliphatic heterocycles. The van der Waals surface area contributed by atoms with Crippen molar-refractivity contribution in [2.24, 2.45) is 5.73 Å². The summed E-state index contributed by atoms with van der Waals surface area (Å²) in [6, 6.07) is 8.07. The van der Waals surface area contributed by atoms with Crippen molar-refractivity contribution in [3.05, 3.63) is 65.9 Å². The monoisotopic (exact) mass is 671 g/mol. The second kappa shape index (κ2) is 17.5. The molecule has 0 unspecified atom stereocenters. The average molecular weight is 672 g/mol. The number of para-hydroxylation sites is 1. The molecule has 0 saturated carbocycles. The lowest BCUT2D eigenvalue weighted by atomic mass is 10.0. The maximum Gasteiger partial charge on any atom is 0.327 e. The van der Waals surface area contributed by atoms with Crippen LogP contribution in [0.3, 0.4) is 0 Å². The lowest BCUT2D eigenvalue weighted by molar-refractivity contribution is -0.141. The molecule has 16 nitrogen and oxygen atoms in total. The summed E-state index contributed by atoms with van der Waals surface area (Å²) < 4.78 is 0. The number of carboxylic acids is 1. The van der Waals surface area contributed by atoms with Crippen LogP contribution in [0.2, 0.25) is 0 Å². The van der Waals surface area contributed by atoms with E-state index in [1.54, 1.807) is 12.3 Å². The van der Waals surface area contributed by atoms with Gasteiger partial charge in [-0.05, 0) is 29.3 Å². The number of aromatic hydroxyl groups is 1. The Balaban J connectivity index is 1.70. The second-order valence-electron chi connectivity index (χ2n) is 10.5. The molecule has 4 atom stereocenters. The summed E-state index contributed by atoms with van der Waals surface area (Å²) in [6.07, 6.45) is 1.60. The van der Waals surface area contributed by atoms with E-state index in [1.807, 2.05) is 18.2 Å². The number of nitrogens with one attached hydrogen (secondary N) is 6. The number of aliphatic hydroxyl groups is 1. The van der Waals surface area contributed by atoms with Crippen LogP contribution in [-0.2, 0) is 41.6 Å². The van der Waals surface area contributed by atoms with Crippen molar-refractivity contribution in [2.45, 2.75) is 37.0 Å². The van der Waals surface area contributed by atoms with Crippen LogP contribution in [0, 0.1) is 0 Å². The Bertz CT molecular complexity index is 1580. The van der Waals surface area contributed by atoms with E-state index in [9.17, 15) is 39.0 Å². The van der Waals surface area contributed by atoms with Gasteiger partial charge in [0.05, 0.1) is 19.7 Å². The first kappa shape index (κ1) is 36.3. The smallest absolute Gasteiger partial charge is 0.327 e. The number of thiol groups is 1. The van der Waals surface area contributed by atoms with Gasteiger partial charge in [-0.3, -0.25) is 24.0 Å². The highest BCUT2D eigenvalue weighted by Gasteiger charge is 2.28. The number of hydrogen-bond acceptors (Lipinski definition) is 10. The number of benzene rings is 2. The minimum Gasteiger partial charge on any atom is -0.508 e. The van der Waals surface area contributed by atoms with Crippen LogP contribution in [0.1, 0.15) is 11.1 Å². The largest absolute Gasteiger partial charge is 0.508 e. The molecule has 1 heterocycles. The molecule has 5 amide bonds. The zero-order valence-corrected chi connectivity index (χ0v) is 26.0. The Hall–Kier alpha value is -5.13. The van der Waals surface area contributed by atoms with Gasteiger partial charge in [-0.1, -0.05) is 30.3 Å². The number of aromatic amines is 1. The van der Waals surface area contributed by atoms with Gasteiger partial charge >= 0.3 is 5.97 Å². The van der Waals surface area contributed by atoms with Gasteiger partial charge in [0.1, 0.15) is 29.9 Å². The highest BCUT2D eigenvalue weighted by atomic mass is 32.1. The third kappa shape index (κ3) is 11.0. The molecule has 0 fully saturated rings. The van der Waals surface area contributed by atoms with Crippen molar-refractivity contribution in [3.63, 3.8) is 0 Å². The number of phenols is 1. The Labute approximate surface area is 274 Å². The van der Waals surface area contributed by atoms with Crippen molar-refractivity contribution in [1.82, 2.24) is 31.6 Å². The van der Waals surface area contributed by atoms with Gasteiger partial charge in [0, 0.05) is 35.7 Å². The highest BCUT2D eigenvalue weighted by Crippen LogP contribution is 2.19. The number of nitrogens with two attached hydrogens (primary N) is 1. The van der Waals surface area contributed by atoms with Crippen LogP contribution >= 0.6 is 12.6 Å². The number of aliphatic carboxylic acids is 1. The fourth-order valence-corrected chi connectivity index (χ4v) is 4.67. The number of hydrogen-bond donors (Lipinski definition) is 11. The summed E-state index contributed by atoms with van der Waals surface area (Å²) >= 11 is 3.97. The molecule has 0 aliphatic carbocycles. The Morgan fingerprint density at radius 1 is 0.787 bits per heavy atom. The SMILES string of the molecule is N[C@@H](CO)C(=O)NCC(=O)N[C@@H](Cc1ccc(O)cc1)C(=O)NCC(=O)N[C@@H](Cc1c[nH]c2ccccc12)C(=O)N[C@@H](CS)C(=O)O. The Morgan fingerprint density at radius 2 is 1.38 bits per heavy atom. The molecule has 0 bridgehead atoms. The van der Waals surface area contributed by atoms with Crippen LogP contribution < -0.4 is 32.3 Å². The number of H-pyrrole nitrogens is 1. The molecule has 252 valence electrons. The summed E-state index contributed by atoms with van der Waals surface area (Å²) in [4.78, 5) is 78.3. The number of phenolic OH excluding ortho intramolecular Hbond substituents is 1. The molecule has 2 aromatic carbocycles. The molecule has 11 N–H and O–H groups in total.